The average Bonchev–Trinajstić information content (AvgIpc) is 2.75. The second-order valence-electron chi connectivity index (χ2n) is 8.20. The summed E-state index contributed by atoms with van der Waals surface area (Å²) in [6.45, 7) is 2.21. The second-order valence-corrected chi connectivity index (χ2v) is 10.9. The Morgan fingerprint density at radius 2 is 1.29 bits per heavy atom. The van der Waals surface area contributed by atoms with Crippen LogP contribution in [0.2, 0.25) is 0 Å². The number of rotatable bonds is 15. The second kappa shape index (κ2) is 17.5. The molecule has 0 aromatic heterocycles. The molecular formula is C24H32Na2O7S2. The number of aryl methyl sites for hydroxylation is 1. The fraction of sp³-hybridized carbons (Fsp3) is 0.500. The van der Waals surface area contributed by atoms with Crippen molar-refractivity contribution in [3.63, 3.8) is 0 Å². The van der Waals surface area contributed by atoms with Crippen molar-refractivity contribution >= 4 is 20.2 Å². The van der Waals surface area contributed by atoms with Gasteiger partial charge >= 0.3 is 59.1 Å². The first kappa shape index (κ1) is 35.1. The van der Waals surface area contributed by atoms with Gasteiger partial charge in [-0.05, 0) is 48.7 Å². The van der Waals surface area contributed by atoms with Crippen molar-refractivity contribution < 1.29 is 89.8 Å². The third-order valence-corrected chi connectivity index (χ3v) is 7.11. The van der Waals surface area contributed by atoms with Crippen LogP contribution in [0.3, 0.4) is 0 Å². The summed E-state index contributed by atoms with van der Waals surface area (Å²) in [6, 6.07) is 9.14. The van der Waals surface area contributed by atoms with E-state index in [2.05, 4.69) is 6.92 Å². The quantitative estimate of drug-likeness (QED) is 0.173. The van der Waals surface area contributed by atoms with Crippen LogP contribution in [0.15, 0.2) is 52.3 Å². The van der Waals surface area contributed by atoms with Crippen LogP contribution in [0.25, 0.3) is 0 Å². The molecule has 0 aliphatic carbocycles. The largest absolute Gasteiger partial charge is 1.00 e. The Kier molecular flexibility index (Phi) is 17.6. The van der Waals surface area contributed by atoms with Crippen LogP contribution in [0, 0.1) is 0 Å². The van der Waals surface area contributed by atoms with Gasteiger partial charge < -0.3 is 13.8 Å². The van der Waals surface area contributed by atoms with Crippen molar-refractivity contribution in [2.45, 2.75) is 87.3 Å². The smallest absolute Gasteiger partial charge is 0.744 e. The monoisotopic (exact) mass is 542 g/mol. The topological polar surface area (TPSA) is 124 Å². The van der Waals surface area contributed by atoms with Gasteiger partial charge in [0.15, 0.2) is 0 Å². The number of unbranched alkanes of at least 4 members (excludes halogenated alkanes) is 9. The molecule has 0 saturated heterocycles. The first-order valence-electron chi connectivity index (χ1n) is 11.4. The molecule has 2 aromatic rings. The van der Waals surface area contributed by atoms with Crippen LogP contribution in [0.5, 0.6) is 11.5 Å². The van der Waals surface area contributed by atoms with Gasteiger partial charge in [-0.3, -0.25) is 0 Å². The van der Waals surface area contributed by atoms with Crippen molar-refractivity contribution in [1.29, 1.82) is 0 Å². The van der Waals surface area contributed by atoms with E-state index in [-0.39, 0.29) is 70.6 Å². The number of ether oxygens (including phenoxy) is 1. The Hall–Kier alpha value is 0.0600. The van der Waals surface area contributed by atoms with Crippen LogP contribution in [-0.4, -0.2) is 25.9 Å². The van der Waals surface area contributed by atoms with Crippen molar-refractivity contribution in [2.75, 3.05) is 0 Å². The van der Waals surface area contributed by atoms with Gasteiger partial charge in [-0.15, -0.1) is 0 Å². The average molecular weight is 543 g/mol. The molecule has 0 N–H and O–H groups in total. The predicted molar refractivity (Wildman–Crippen MR) is 124 cm³/mol. The maximum Gasteiger partial charge on any atom is 1.00 e. The van der Waals surface area contributed by atoms with E-state index in [1.54, 1.807) is 6.07 Å². The molecule has 0 atom stereocenters. The summed E-state index contributed by atoms with van der Waals surface area (Å²) in [7, 11) is -9.52. The molecule has 11 heteroatoms. The van der Waals surface area contributed by atoms with Crippen molar-refractivity contribution in [1.82, 2.24) is 0 Å². The summed E-state index contributed by atoms with van der Waals surface area (Å²) in [5, 5.41) is 0. The Bertz CT molecular complexity index is 1100. The maximum absolute atomic E-state index is 11.8. The molecule has 0 unspecified atom stereocenters. The molecule has 2 rings (SSSR count). The van der Waals surface area contributed by atoms with Gasteiger partial charge in [0.05, 0.1) is 9.79 Å². The summed E-state index contributed by atoms with van der Waals surface area (Å²) in [4.78, 5) is -1.02. The minimum absolute atomic E-state index is 0. The predicted octanol–water partition coefficient (Wildman–Crippen LogP) is -0.241. The van der Waals surface area contributed by atoms with Gasteiger partial charge in [0, 0.05) is 0 Å². The molecule has 0 fully saturated rings. The van der Waals surface area contributed by atoms with E-state index in [0.29, 0.717) is 12.0 Å². The maximum atomic E-state index is 11.8. The molecule has 0 aliphatic heterocycles. The Balaban J connectivity index is 0.00000578. The molecule has 2 aromatic carbocycles. The van der Waals surface area contributed by atoms with Gasteiger partial charge in [0.2, 0.25) is 0 Å². The molecule has 0 aliphatic rings. The third kappa shape index (κ3) is 13.4. The van der Waals surface area contributed by atoms with Gasteiger partial charge in [0.25, 0.3) is 0 Å². The zero-order valence-corrected chi connectivity index (χ0v) is 26.6. The zero-order valence-electron chi connectivity index (χ0n) is 21.0. The third-order valence-electron chi connectivity index (χ3n) is 5.42. The van der Waals surface area contributed by atoms with Crippen LogP contribution in [-0.2, 0) is 26.7 Å². The molecule has 0 spiro atoms. The van der Waals surface area contributed by atoms with E-state index >= 15 is 0 Å². The van der Waals surface area contributed by atoms with Crippen LogP contribution >= 0.6 is 0 Å². The number of benzene rings is 2. The van der Waals surface area contributed by atoms with E-state index in [9.17, 15) is 25.9 Å². The van der Waals surface area contributed by atoms with Crippen molar-refractivity contribution in [3.05, 3.63) is 48.0 Å². The summed E-state index contributed by atoms with van der Waals surface area (Å²) in [5.74, 6) is -0.267. The Morgan fingerprint density at radius 1 is 0.714 bits per heavy atom. The van der Waals surface area contributed by atoms with Crippen LogP contribution in [0.1, 0.15) is 76.7 Å². The first-order valence-corrected chi connectivity index (χ1v) is 14.3. The van der Waals surface area contributed by atoms with Gasteiger partial charge in [-0.2, -0.15) is 0 Å². The van der Waals surface area contributed by atoms with Gasteiger partial charge in [0.1, 0.15) is 31.7 Å². The standard InChI is InChI=1S/C24H34O7S2.2Na/c1-2-3-4-5-6-7-8-9-10-11-13-20-16-17-23(24(18-20)33(28,29)30)31-21-14-12-15-22(19-21)32(25,26)27;;/h12,14-19H,2-11,13H2,1H3,(H,25,26,27)(H,28,29,30);;/q;2*+1/p-2. The molecular weight excluding hydrogens is 510 g/mol. The van der Waals surface area contributed by atoms with Gasteiger partial charge in [-0.1, -0.05) is 76.8 Å². The van der Waals surface area contributed by atoms with E-state index < -0.39 is 30.0 Å². The van der Waals surface area contributed by atoms with E-state index in [1.807, 2.05) is 0 Å². The van der Waals surface area contributed by atoms with Crippen LogP contribution in [0.4, 0.5) is 0 Å². The fourth-order valence-corrected chi connectivity index (χ4v) is 4.78. The fourth-order valence-electron chi connectivity index (χ4n) is 3.62. The molecule has 35 heavy (non-hydrogen) atoms. The summed E-state index contributed by atoms with van der Waals surface area (Å²) >= 11 is 0. The molecule has 7 nitrogen and oxygen atoms in total. The normalized spacial score (nSPS) is 11.4. The molecule has 0 bridgehead atoms. The minimum atomic E-state index is -4.82. The number of hydrogen-bond acceptors (Lipinski definition) is 7. The van der Waals surface area contributed by atoms with E-state index in [0.717, 1.165) is 31.4 Å². The van der Waals surface area contributed by atoms with E-state index in [1.165, 1.54) is 69.2 Å². The first-order chi connectivity index (χ1) is 15.6. The minimum Gasteiger partial charge on any atom is -0.744 e. The zero-order chi connectivity index (χ0) is 24.3. The summed E-state index contributed by atoms with van der Waals surface area (Å²) < 4.78 is 74.4. The summed E-state index contributed by atoms with van der Waals surface area (Å²) in [6.07, 6.45) is 12.6. The van der Waals surface area contributed by atoms with Crippen molar-refractivity contribution in [2.24, 2.45) is 0 Å². The molecule has 0 radical (unpaired) electrons. The Morgan fingerprint density at radius 3 is 1.83 bits per heavy atom. The van der Waals surface area contributed by atoms with Gasteiger partial charge in [-0.25, -0.2) is 16.8 Å². The molecule has 0 saturated carbocycles. The number of hydrogen-bond donors (Lipinski definition) is 0. The molecule has 184 valence electrons. The van der Waals surface area contributed by atoms with Crippen LogP contribution < -0.4 is 63.9 Å². The van der Waals surface area contributed by atoms with E-state index in [4.69, 9.17) is 4.74 Å². The SMILES string of the molecule is CCCCCCCCCCCCc1ccc(Oc2cccc(S(=O)(=O)[O-])c2)c(S(=O)(=O)[O-])c1.[Na+].[Na+]. The Labute approximate surface area is 254 Å². The van der Waals surface area contributed by atoms with Crippen molar-refractivity contribution in [3.8, 4) is 11.5 Å². The molecule has 0 amide bonds. The summed E-state index contributed by atoms with van der Waals surface area (Å²) in [5.41, 5.74) is 0.715. The molecule has 0 heterocycles.